The summed E-state index contributed by atoms with van der Waals surface area (Å²) < 4.78 is 5.88. The lowest BCUT2D eigenvalue weighted by Crippen LogP contribution is -2.05. The van der Waals surface area contributed by atoms with Gasteiger partial charge in [-0.15, -0.1) is 0 Å². The summed E-state index contributed by atoms with van der Waals surface area (Å²) in [7, 11) is 0. The lowest BCUT2D eigenvalue weighted by atomic mass is 10.1. The summed E-state index contributed by atoms with van der Waals surface area (Å²) in [6, 6.07) is 3.65. The second-order valence-electron chi connectivity index (χ2n) is 3.10. The van der Waals surface area contributed by atoms with E-state index >= 15 is 0 Å². The Morgan fingerprint density at radius 3 is 2.67 bits per heavy atom. The fraction of sp³-hybridized carbons (Fsp3) is 0.364. The van der Waals surface area contributed by atoms with Crippen molar-refractivity contribution in [3.05, 3.63) is 33.3 Å². The van der Waals surface area contributed by atoms with Crippen LogP contribution in [-0.4, -0.2) is 12.6 Å². The van der Waals surface area contributed by atoms with E-state index in [9.17, 15) is 4.79 Å². The first-order valence-corrected chi connectivity index (χ1v) is 6.53. The van der Waals surface area contributed by atoms with E-state index in [1.807, 2.05) is 13.0 Å². The largest absolute Gasteiger partial charge is 0.462 e. The highest BCUT2D eigenvalue weighted by Crippen LogP contribution is 2.24. The third-order valence-corrected chi connectivity index (χ3v) is 3.53. The molecular formula is C11H12Br2O2. The molecule has 0 fully saturated rings. The van der Waals surface area contributed by atoms with Crippen molar-refractivity contribution in [1.29, 1.82) is 0 Å². The first kappa shape index (κ1) is 12.7. The maximum atomic E-state index is 11.5. The van der Waals surface area contributed by atoms with Gasteiger partial charge in [-0.05, 0) is 37.1 Å². The SMILES string of the molecule is CCOC(=O)c1cc(Br)c(C)c(CBr)c1. The minimum Gasteiger partial charge on any atom is -0.462 e. The average Bonchev–Trinajstić information content (AvgIpc) is 2.22. The smallest absolute Gasteiger partial charge is 0.338 e. The van der Waals surface area contributed by atoms with Gasteiger partial charge in [0.1, 0.15) is 0 Å². The Hall–Kier alpha value is -0.350. The van der Waals surface area contributed by atoms with Gasteiger partial charge in [0.2, 0.25) is 0 Å². The molecule has 1 aromatic rings. The average molecular weight is 336 g/mol. The summed E-state index contributed by atoms with van der Waals surface area (Å²) in [5.41, 5.74) is 2.82. The Labute approximate surface area is 106 Å². The summed E-state index contributed by atoms with van der Waals surface area (Å²) in [5.74, 6) is -0.277. The predicted molar refractivity (Wildman–Crippen MR) is 67.5 cm³/mol. The van der Waals surface area contributed by atoms with Crippen LogP contribution in [0, 0.1) is 6.92 Å². The fourth-order valence-corrected chi connectivity index (χ4v) is 2.29. The highest BCUT2D eigenvalue weighted by Gasteiger charge is 2.11. The molecule has 0 amide bonds. The lowest BCUT2D eigenvalue weighted by Gasteiger charge is -2.08. The van der Waals surface area contributed by atoms with E-state index in [0.29, 0.717) is 12.2 Å². The molecule has 82 valence electrons. The van der Waals surface area contributed by atoms with Crippen molar-refractivity contribution in [2.24, 2.45) is 0 Å². The van der Waals surface area contributed by atoms with Gasteiger partial charge in [-0.25, -0.2) is 4.79 Å². The number of carbonyl (C=O) groups excluding carboxylic acids is 1. The minimum absolute atomic E-state index is 0.277. The molecule has 0 aliphatic carbocycles. The normalized spacial score (nSPS) is 10.1. The van der Waals surface area contributed by atoms with Crippen LogP contribution in [-0.2, 0) is 10.1 Å². The zero-order valence-corrected chi connectivity index (χ0v) is 11.8. The molecule has 0 N–H and O–H groups in total. The molecular weight excluding hydrogens is 324 g/mol. The highest BCUT2D eigenvalue weighted by molar-refractivity contribution is 9.10. The van der Waals surface area contributed by atoms with E-state index in [4.69, 9.17) is 4.74 Å². The van der Waals surface area contributed by atoms with Crippen LogP contribution in [0.3, 0.4) is 0 Å². The van der Waals surface area contributed by atoms with Crippen LogP contribution < -0.4 is 0 Å². The van der Waals surface area contributed by atoms with Crippen LogP contribution >= 0.6 is 31.9 Å². The number of hydrogen-bond acceptors (Lipinski definition) is 2. The molecule has 0 radical (unpaired) electrons. The molecule has 2 nitrogen and oxygen atoms in total. The zero-order chi connectivity index (χ0) is 11.4. The Bertz CT molecular complexity index is 375. The monoisotopic (exact) mass is 334 g/mol. The number of hydrogen-bond donors (Lipinski definition) is 0. The summed E-state index contributed by atoms with van der Waals surface area (Å²) in [6.45, 7) is 4.20. The second kappa shape index (κ2) is 5.66. The van der Waals surface area contributed by atoms with Crippen LogP contribution in [0.4, 0.5) is 0 Å². The minimum atomic E-state index is -0.277. The molecule has 0 saturated heterocycles. The standard InChI is InChI=1S/C11H12Br2O2/c1-3-15-11(14)8-4-9(6-12)7(2)10(13)5-8/h4-5H,3,6H2,1-2H3. The van der Waals surface area contributed by atoms with Crippen LogP contribution in [0.1, 0.15) is 28.4 Å². The molecule has 0 atom stereocenters. The van der Waals surface area contributed by atoms with E-state index in [-0.39, 0.29) is 5.97 Å². The molecule has 0 saturated carbocycles. The molecule has 0 bridgehead atoms. The molecule has 0 aliphatic rings. The van der Waals surface area contributed by atoms with E-state index in [1.165, 1.54) is 0 Å². The van der Waals surface area contributed by atoms with Crippen LogP contribution in [0.15, 0.2) is 16.6 Å². The van der Waals surface area contributed by atoms with Crippen molar-refractivity contribution >= 4 is 37.8 Å². The maximum absolute atomic E-state index is 11.5. The zero-order valence-electron chi connectivity index (χ0n) is 8.64. The molecule has 0 aromatic heterocycles. The fourth-order valence-electron chi connectivity index (χ4n) is 1.21. The van der Waals surface area contributed by atoms with E-state index in [0.717, 1.165) is 20.9 Å². The third kappa shape index (κ3) is 3.05. The number of ether oxygens (including phenoxy) is 1. The van der Waals surface area contributed by atoms with E-state index in [1.54, 1.807) is 13.0 Å². The van der Waals surface area contributed by atoms with Gasteiger partial charge < -0.3 is 4.74 Å². The number of benzene rings is 1. The number of carbonyl (C=O) groups is 1. The van der Waals surface area contributed by atoms with Gasteiger partial charge in [0.15, 0.2) is 0 Å². The molecule has 0 aliphatic heterocycles. The first-order valence-electron chi connectivity index (χ1n) is 4.62. The van der Waals surface area contributed by atoms with E-state index in [2.05, 4.69) is 31.9 Å². The van der Waals surface area contributed by atoms with Gasteiger partial charge in [0.25, 0.3) is 0 Å². The van der Waals surface area contributed by atoms with Crippen molar-refractivity contribution in [2.45, 2.75) is 19.2 Å². The highest BCUT2D eigenvalue weighted by atomic mass is 79.9. The topological polar surface area (TPSA) is 26.3 Å². The quantitative estimate of drug-likeness (QED) is 0.620. The van der Waals surface area contributed by atoms with Gasteiger partial charge in [0.05, 0.1) is 12.2 Å². The molecule has 15 heavy (non-hydrogen) atoms. The number of alkyl halides is 1. The van der Waals surface area contributed by atoms with Crippen LogP contribution in [0.2, 0.25) is 0 Å². The molecule has 4 heteroatoms. The summed E-state index contributed by atoms with van der Waals surface area (Å²) >= 11 is 6.82. The molecule has 1 rings (SSSR count). The summed E-state index contributed by atoms with van der Waals surface area (Å²) in [6.07, 6.45) is 0. The summed E-state index contributed by atoms with van der Waals surface area (Å²) in [4.78, 5) is 11.5. The Balaban J connectivity index is 3.10. The van der Waals surface area contributed by atoms with Crippen molar-refractivity contribution in [1.82, 2.24) is 0 Å². The number of esters is 1. The molecule has 0 unspecified atom stereocenters. The van der Waals surface area contributed by atoms with Gasteiger partial charge >= 0.3 is 5.97 Å². The van der Waals surface area contributed by atoms with Crippen LogP contribution in [0.25, 0.3) is 0 Å². The summed E-state index contributed by atoms with van der Waals surface area (Å²) in [5, 5.41) is 0.727. The Morgan fingerprint density at radius 1 is 1.47 bits per heavy atom. The molecule has 1 aromatic carbocycles. The van der Waals surface area contributed by atoms with Gasteiger partial charge in [-0.3, -0.25) is 0 Å². The van der Waals surface area contributed by atoms with Gasteiger partial charge in [-0.1, -0.05) is 31.9 Å². The van der Waals surface area contributed by atoms with Crippen molar-refractivity contribution in [3.8, 4) is 0 Å². The van der Waals surface area contributed by atoms with Crippen molar-refractivity contribution in [3.63, 3.8) is 0 Å². The van der Waals surface area contributed by atoms with Gasteiger partial charge in [-0.2, -0.15) is 0 Å². The third-order valence-electron chi connectivity index (χ3n) is 2.11. The van der Waals surface area contributed by atoms with Gasteiger partial charge in [0, 0.05) is 9.80 Å². The maximum Gasteiger partial charge on any atom is 0.338 e. The second-order valence-corrected chi connectivity index (χ2v) is 4.51. The Kier molecular flexibility index (Phi) is 4.80. The number of halogens is 2. The van der Waals surface area contributed by atoms with Crippen molar-refractivity contribution in [2.75, 3.05) is 6.61 Å². The predicted octanol–water partition coefficient (Wildman–Crippen LogP) is 3.83. The van der Waals surface area contributed by atoms with Crippen LogP contribution in [0.5, 0.6) is 0 Å². The Morgan fingerprint density at radius 2 is 2.13 bits per heavy atom. The first-order chi connectivity index (χ1) is 7.10. The molecule has 0 spiro atoms. The lowest BCUT2D eigenvalue weighted by molar-refractivity contribution is 0.0526. The van der Waals surface area contributed by atoms with Crippen molar-refractivity contribution < 1.29 is 9.53 Å². The van der Waals surface area contributed by atoms with E-state index < -0.39 is 0 Å². The number of rotatable bonds is 3. The molecule has 0 heterocycles.